The quantitative estimate of drug-likeness (QED) is 0.0307. The number of aromatic nitrogens is 2. The van der Waals surface area contributed by atoms with Crippen LogP contribution < -0.4 is 52.7 Å². The lowest BCUT2D eigenvalue weighted by molar-refractivity contribution is -0.671. The van der Waals surface area contributed by atoms with Gasteiger partial charge in [0.15, 0.2) is 0 Å². The number of hydrogen-bond acceptors (Lipinski definition) is 15. The summed E-state index contributed by atoms with van der Waals surface area (Å²) in [6.07, 6.45) is -2.77. The molecule has 1 fully saturated rings. The summed E-state index contributed by atoms with van der Waals surface area (Å²) in [5.41, 5.74) is 1.97. The van der Waals surface area contributed by atoms with Crippen molar-refractivity contribution in [1.29, 1.82) is 0 Å². The van der Waals surface area contributed by atoms with Gasteiger partial charge in [-0.1, -0.05) is 60.7 Å². The number of carbonyl (C=O) groups is 6. The predicted molar refractivity (Wildman–Crippen MR) is 280 cm³/mol. The first-order valence-corrected chi connectivity index (χ1v) is 28.7. The Kier molecular flexibility index (Phi) is 42.2. The first kappa shape index (κ1) is 80.4. The van der Waals surface area contributed by atoms with E-state index in [1.807, 2.05) is 0 Å². The SMILES string of the molecule is O=C(CCCCC[NH2+]CCCCCC[NH2+]Cc1ccccc1)Nc1ccn([C@@H]2CS[C@H](COC(=O)CCCCC[NH2+]CCCCCC[NH2+]Cc3ccccc3)O2)c(=O)n1.O=C([O-])C(F)(F)F.O=C([O-])C(F)(F)F.O=C([O-])C(F)(F)F.O=C([O-])C(F)(F)F. The number of nitrogens with two attached hydrogens (primary N) is 4. The average Bonchev–Trinajstić information content (AvgIpc) is 2.65. The molecule has 2 atom stereocenters. The first-order chi connectivity index (χ1) is 40.8. The first-order valence-electron chi connectivity index (χ1n) is 27.6. The zero-order chi connectivity index (χ0) is 65.7. The summed E-state index contributed by atoms with van der Waals surface area (Å²) in [4.78, 5) is 76.8. The highest BCUT2D eigenvalue weighted by molar-refractivity contribution is 8.00. The van der Waals surface area contributed by atoms with Crippen molar-refractivity contribution in [3.05, 3.63) is 94.5 Å². The van der Waals surface area contributed by atoms with E-state index >= 15 is 0 Å². The molecule has 2 aromatic carbocycles. The highest BCUT2D eigenvalue weighted by Gasteiger charge is 2.32. The molecule has 0 saturated carbocycles. The van der Waals surface area contributed by atoms with Crippen molar-refractivity contribution >= 4 is 53.3 Å². The number of nitrogens with one attached hydrogen (secondary N) is 1. The molecule has 1 saturated heterocycles. The van der Waals surface area contributed by atoms with Crippen molar-refractivity contribution < 1.29 is 133 Å². The molecule has 9 N–H and O–H groups in total. The monoisotopic (exact) mass is 1290 g/mol. The number of thioether (sulfide) groups is 1. The molecule has 1 amide bonds. The maximum absolute atomic E-state index is 12.8. The van der Waals surface area contributed by atoms with Crippen molar-refractivity contribution in [3.8, 4) is 0 Å². The fourth-order valence-electron chi connectivity index (χ4n) is 7.22. The Bertz CT molecular complexity index is 2350. The highest BCUT2D eigenvalue weighted by Crippen LogP contribution is 2.31. The van der Waals surface area contributed by atoms with Crippen LogP contribution in [0.5, 0.6) is 0 Å². The van der Waals surface area contributed by atoms with E-state index in [4.69, 9.17) is 49.1 Å². The van der Waals surface area contributed by atoms with Crippen molar-refractivity contribution in [2.45, 2.75) is 152 Å². The number of rotatable bonds is 34. The molecule has 0 spiro atoms. The summed E-state index contributed by atoms with van der Waals surface area (Å²) < 4.78 is 139. The number of aliphatic carboxylic acids is 4. The number of carboxylic acid groups (broad SMARTS) is 4. The van der Waals surface area contributed by atoms with Crippen LogP contribution in [-0.2, 0) is 51.3 Å². The molecule has 0 radical (unpaired) electrons. The van der Waals surface area contributed by atoms with Crippen molar-refractivity contribution in [3.63, 3.8) is 0 Å². The number of ether oxygens (including phenoxy) is 2. The Labute approximate surface area is 497 Å². The van der Waals surface area contributed by atoms with Gasteiger partial charge in [-0.2, -0.15) is 57.7 Å². The van der Waals surface area contributed by atoms with E-state index in [2.05, 4.69) is 92.2 Å². The van der Waals surface area contributed by atoms with Gasteiger partial charge in [-0.3, -0.25) is 14.2 Å². The van der Waals surface area contributed by atoms with Crippen LogP contribution >= 0.6 is 11.8 Å². The number of carbonyl (C=O) groups excluding carboxylic acids is 6. The average molecular weight is 1290 g/mol. The zero-order valence-corrected chi connectivity index (χ0v) is 48.2. The number of halogens is 12. The maximum Gasteiger partial charge on any atom is 0.430 e. The third-order valence-electron chi connectivity index (χ3n) is 11.6. The summed E-state index contributed by atoms with van der Waals surface area (Å²) in [5, 5.41) is 47.5. The Morgan fingerprint density at radius 1 is 0.529 bits per heavy atom. The third kappa shape index (κ3) is 45.4. The summed E-state index contributed by atoms with van der Waals surface area (Å²) in [5.74, 6) is -11.6. The van der Waals surface area contributed by atoms with Gasteiger partial charge < -0.3 is 75.7 Å². The van der Waals surface area contributed by atoms with Crippen LogP contribution in [0.3, 0.4) is 0 Å². The minimum atomic E-state index is -5.19. The molecular weight excluding hydrogens is 1210 g/mol. The minimum Gasteiger partial charge on any atom is -0.542 e. The molecule has 1 aliphatic heterocycles. The maximum atomic E-state index is 12.8. The second kappa shape index (κ2) is 45.7. The fraction of sp³-hybridized carbons (Fsp3) is 0.593. The van der Waals surface area contributed by atoms with Gasteiger partial charge in [0.2, 0.25) is 5.91 Å². The van der Waals surface area contributed by atoms with Crippen LogP contribution in [-0.4, -0.2) is 127 Å². The Balaban J connectivity index is 0.00000216. The van der Waals surface area contributed by atoms with E-state index in [-0.39, 0.29) is 29.7 Å². The second-order valence-corrected chi connectivity index (χ2v) is 20.1. The molecule has 494 valence electrons. The number of nitrogens with zero attached hydrogens (tertiary/aromatic N) is 2. The molecule has 3 aromatic rings. The van der Waals surface area contributed by atoms with Gasteiger partial charge in [0, 0.05) is 35.9 Å². The van der Waals surface area contributed by atoms with Crippen LogP contribution in [0.1, 0.15) is 120 Å². The second-order valence-electron chi connectivity index (χ2n) is 18.9. The topological polar surface area (TPSA) is 326 Å². The minimum absolute atomic E-state index is 0.131. The number of alkyl halides is 12. The lowest BCUT2D eigenvalue weighted by Gasteiger charge is -2.15. The van der Waals surface area contributed by atoms with Gasteiger partial charge in [-0.05, 0) is 96.0 Å². The molecule has 20 nitrogen and oxygen atoms in total. The van der Waals surface area contributed by atoms with Gasteiger partial charge in [-0.15, -0.1) is 11.8 Å². The Hall–Kier alpha value is -6.55. The summed E-state index contributed by atoms with van der Waals surface area (Å²) in [6.45, 7) is 9.22. The number of anilines is 1. The number of hydrogen-bond donors (Lipinski definition) is 5. The number of quaternary nitrogens is 4. The van der Waals surface area contributed by atoms with Crippen molar-refractivity contribution in [2.75, 3.05) is 56.9 Å². The summed E-state index contributed by atoms with van der Waals surface area (Å²) >= 11 is 1.51. The molecule has 1 aliphatic rings. The normalized spacial score (nSPS) is 13.8. The lowest BCUT2D eigenvalue weighted by atomic mass is 10.1. The highest BCUT2D eigenvalue weighted by atomic mass is 32.2. The van der Waals surface area contributed by atoms with Crippen molar-refractivity contribution in [1.82, 2.24) is 9.55 Å². The van der Waals surface area contributed by atoms with Gasteiger partial charge in [0.25, 0.3) is 0 Å². The molecule has 4 rings (SSSR count). The number of unbranched alkanes of at least 4 members (excludes halogenated alkanes) is 10. The Morgan fingerprint density at radius 2 is 0.874 bits per heavy atom. The Morgan fingerprint density at radius 3 is 1.23 bits per heavy atom. The van der Waals surface area contributed by atoms with Gasteiger partial charge in [0.1, 0.15) is 61.1 Å². The number of carboxylic acids is 4. The molecule has 2 heterocycles. The molecule has 33 heteroatoms. The molecule has 0 unspecified atom stereocenters. The predicted octanol–water partition coefficient (Wildman–Crippen LogP) is 0.403. The lowest BCUT2D eigenvalue weighted by Crippen LogP contribution is -2.84. The fourth-order valence-corrected chi connectivity index (χ4v) is 8.21. The smallest absolute Gasteiger partial charge is 0.430 e. The van der Waals surface area contributed by atoms with Crippen molar-refractivity contribution in [2.24, 2.45) is 0 Å². The molecule has 1 aromatic heterocycles. The van der Waals surface area contributed by atoms with E-state index in [0.717, 1.165) is 64.7 Å². The van der Waals surface area contributed by atoms with Crippen LogP contribution in [0.2, 0.25) is 0 Å². The molecule has 87 heavy (non-hydrogen) atoms. The van der Waals surface area contributed by atoms with E-state index in [0.29, 0.717) is 18.6 Å². The number of amides is 1. The molecule has 0 bridgehead atoms. The number of esters is 1. The van der Waals surface area contributed by atoms with Crippen LogP contribution in [0.15, 0.2) is 77.7 Å². The van der Waals surface area contributed by atoms with Crippen LogP contribution in [0.4, 0.5) is 58.5 Å². The summed E-state index contributed by atoms with van der Waals surface area (Å²) in [7, 11) is 0. The summed E-state index contributed by atoms with van der Waals surface area (Å²) in [6, 6.07) is 22.9. The van der Waals surface area contributed by atoms with Gasteiger partial charge >= 0.3 is 36.4 Å². The largest absolute Gasteiger partial charge is 0.542 e. The van der Waals surface area contributed by atoms with Gasteiger partial charge in [0.05, 0.1) is 39.3 Å². The molecule has 0 aliphatic carbocycles. The van der Waals surface area contributed by atoms with E-state index in [1.165, 1.54) is 105 Å². The van der Waals surface area contributed by atoms with Gasteiger partial charge in [-0.25, -0.2) is 4.79 Å². The zero-order valence-electron chi connectivity index (χ0n) is 47.4. The van der Waals surface area contributed by atoms with E-state index in [1.54, 1.807) is 12.3 Å². The molecular formula is C54H75F12N7O13S. The standard InChI is InChI=1S/C46H71N7O5S.4C2HF3O2/c54-42(25-13-7-19-30-47-28-15-1-3-17-32-49-35-39-21-9-5-10-22-39)51-41-27-34-53(46(56)52-41)43-38-59-45(58-43)37-57-44(55)26-14-8-20-31-48-29-16-2-4-18-33-50-36-40-23-11-6-12-24-40;4*3-2(4,5)1(6)7/h5-6,9-12,21-24,27,34,43,45,47-50H,1-4,7-8,13-20,25-26,28-33,35-38H2,(H,51,52,54,56);4*(H,6,7)/t43-,45+;;;;/m0..../s1. The van der Waals surface area contributed by atoms with E-state index in [9.17, 15) is 67.1 Å². The van der Waals surface area contributed by atoms with Crippen LogP contribution in [0.25, 0.3) is 0 Å². The van der Waals surface area contributed by atoms with E-state index < -0.39 is 60.5 Å². The van der Waals surface area contributed by atoms with Crippen LogP contribution in [0, 0.1) is 0 Å². The number of benzene rings is 2. The third-order valence-corrected chi connectivity index (χ3v) is 12.7.